The topological polar surface area (TPSA) is 103 Å². The molecular formula is C17H21N5O4. The summed E-state index contributed by atoms with van der Waals surface area (Å²) in [6.45, 7) is 6.33. The van der Waals surface area contributed by atoms with Gasteiger partial charge < -0.3 is 24.2 Å². The molecule has 2 aromatic heterocycles. The lowest BCUT2D eigenvalue weighted by atomic mass is 10.0. The van der Waals surface area contributed by atoms with Crippen LogP contribution in [0, 0.1) is 13.8 Å². The molecule has 9 heteroatoms. The third-order valence-corrected chi connectivity index (χ3v) is 4.57. The molecule has 0 aliphatic carbocycles. The zero-order valence-electron chi connectivity index (χ0n) is 14.8. The van der Waals surface area contributed by atoms with Crippen molar-refractivity contribution in [2.24, 2.45) is 0 Å². The molecule has 0 aromatic carbocycles. The van der Waals surface area contributed by atoms with Gasteiger partial charge in [-0.1, -0.05) is 5.16 Å². The molecule has 4 heterocycles. The minimum Gasteiger partial charge on any atom is -0.360 e. The number of nitrogens with one attached hydrogen (secondary N) is 1. The monoisotopic (exact) mass is 359 g/mol. The predicted octanol–water partition coefficient (Wildman–Crippen LogP) is 1.68. The fourth-order valence-corrected chi connectivity index (χ4v) is 3.25. The zero-order valence-corrected chi connectivity index (χ0v) is 14.8. The van der Waals surface area contributed by atoms with Crippen LogP contribution in [0.1, 0.15) is 34.8 Å². The van der Waals surface area contributed by atoms with Gasteiger partial charge in [-0.3, -0.25) is 4.79 Å². The fourth-order valence-electron chi connectivity index (χ4n) is 3.25. The minimum absolute atomic E-state index is 0.293. The van der Waals surface area contributed by atoms with Gasteiger partial charge in [-0.25, -0.2) is 9.97 Å². The van der Waals surface area contributed by atoms with E-state index in [4.69, 9.17) is 14.0 Å². The Morgan fingerprint density at radius 2 is 1.88 bits per heavy atom. The summed E-state index contributed by atoms with van der Waals surface area (Å²) in [6.07, 6.45) is 1.51. The molecule has 0 radical (unpaired) electrons. The standard InChI is InChI=1S/C17H21N5O4/c1-11-9-13(15(23)20-14-10-12(2)26-21-14)19-16(18-11)22-5-3-17(4-6-22)24-7-8-25-17/h9-10H,3-8H2,1-2H3,(H,20,21,23). The third-order valence-electron chi connectivity index (χ3n) is 4.57. The van der Waals surface area contributed by atoms with Gasteiger partial charge in [0.2, 0.25) is 5.95 Å². The average Bonchev–Trinajstić information content (AvgIpc) is 3.24. The quantitative estimate of drug-likeness (QED) is 0.883. The van der Waals surface area contributed by atoms with Crippen LogP contribution in [-0.2, 0) is 9.47 Å². The Morgan fingerprint density at radius 1 is 1.15 bits per heavy atom. The smallest absolute Gasteiger partial charge is 0.275 e. The molecule has 1 spiro atoms. The van der Waals surface area contributed by atoms with Crippen molar-refractivity contribution in [1.82, 2.24) is 15.1 Å². The van der Waals surface area contributed by atoms with Crippen molar-refractivity contribution in [3.05, 3.63) is 29.3 Å². The van der Waals surface area contributed by atoms with Crippen LogP contribution < -0.4 is 10.2 Å². The molecule has 1 amide bonds. The highest BCUT2D eigenvalue weighted by Crippen LogP contribution is 2.32. The summed E-state index contributed by atoms with van der Waals surface area (Å²) < 4.78 is 16.5. The first-order valence-corrected chi connectivity index (χ1v) is 8.66. The number of piperidine rings is 1. The van der Waals surface area contributed by atoms with E-state index in [1.807, 2.05) is 6.92 Å². The number of amides is 1. The van der Waals surface area contributed by atoms with Crippen LogP contribution in [0.15, 0.2) is 16.7 Å². The Bertz CT molecular complexity index is 805. The number of rotatable bonds is 3. The van der Waals surface area contributed by atoms with E-state index in [1.165, 1.54) is 0 Å². The Hall–Kier alpha value is -2.52. The van der Waals surface area contributed by atoms with Crippen molar-refractivity contribution < 1.29 is 18.8 Å². The molecule has 138 valence electrons. The molecule has 2 aliphatic rings. The lowest BCUT2D eigenvalue weighted by Gasteiger charge is -2.37. The molecule has 2 aromatic rings. The lowest BCUT2D eigenvalue weighted by molar-refractivity contribution is -0.169. The van der Waals surface area contributed by atoms with E-state index in [1.54, 1.807) is 19.1 Å². The second kappa shape index (κ2) is 6.65. The molecular weight excluding hydrogens is 338 g/mol. The highest BCUT2D eigenvalue weighted by atomic mass is 16.7. The van der Waals surface area contributed by atoms with Crippen LogP contribution in [0.4, 0.5) is 11.8 Å². The van der Waals surface area contributed by atoms with Crippen LogP contribution in [0.2, 0.25) is 0 Å². The largest absolute Gasteiger partial charge is 0.360 e. The first kappa shape index (κ1) is 16.9. The number of hydrogen-bond donors (Lipinski definition) is 1. The molecule has 2 saturated heterocycles. The average molecular weight is 359 g/mol. The Labute approximate surface area is 150 Å². The van der Waals surface area contributed by atoms with E-state index in [9.17, 15) is 4.79 Å². The molecule has 0 bridgehead atoms. The number of nitrogens with zero attached hydrogens (tertiary/aromatic N) is 4. The molecule has 1 N–H and O–H groups in total. The normalized spacial score (nSPS) is 19.1. The van der Waals surface area contributed by atoms with Crippen molar-refractivity contribution in [1.29, 1.82) is 0 Å². The SMILES string of the molecule is Cc1cc(C(=O)Nc2cc(C)on2)nc(N2CCC3(CC2)OCCO3)n1. The predicted molar refractivity (Wildman–Crippen MR) is 92.0 cm³/mol. The summed E-state index contributed by atoms with van der Waals surface area (Å²) in [5, 5.41) is 6.45. The van der Waals surface area contributed by atoms with E-state index in [2.05, 4.69) is 25.3 Å². The van der Waals surface area contributed by atoms with Crippen LogP contribution in [-0.4, -0.2) is 53.1 Å². The number of ether oxygens (including phenoxy) is 2. The number of anilines is 2. The number of aromatic nitrogens is 3. The molecule has 4 rings (SSSR count). The maximum atomic E-state index is 12.5. The Balaban J connectivity index is 1.48. The molecule has 0 unspecified atom stereocenters. The summed E-state index contributed by atoms with van der Waals surface area (Å²) in [5.41, 5.74) is 1.02. The van der Waals surface area contributed by atoms with Gasteiger partial charge in [0.15, 0.2) is 11.6 Å². The summed E-state index contributed by atoms with van der Waals surface area (Å²) >= 11 is 0. The van der Waals surface area contributed by atoms with E-state index in [-0.39, 0.29) is 5.91 Å². The van der Waals surface area contributed by atoms with Crippen molar-refractivity contribution >= 4 is 17.7 Å². The number of carbonyl (C=O) groups excluding carboxylic acids is 1. The molecule has 26 heavy (non-hydrogen) atoms. The number of carbonyl (C=O) groups is 1. The van der Waals surface area contributed by atoms with Crippen molar-refractivity contribution in [2.45, 2.75) is 32.5 Å². The van der Waals surface area contributed by atoms with Crippen LogP contribution >= 0.6 is 0 Å². The Morgan fingerprint density at radius 3 is 2.54 bits per heavy atom. The zero-order chi connectivity index (χ0) is 18.1. The lowest BCUT2D eigenvalue weighted by Crippen LogP contribution is -2.45. The number of aryl methyl sites for hydroxylation is 2. The van der Waals surface area contributed by atoms with Crippen molar-refractivity contribution in [3.8, 4) is 0 Å². The van der Waals surface area contributed by atoms with E-state index in [0.717, 1.165) is 18.5 Å². The van der Waals surface area contributed by atoms with Gasteiger partial charge in [0, 0.05) is 37.7 Å². The van der Waals surface area contributed by atoms with Gasteiger partial charge in [-0.2, -0.15) is 0 Å². The van der Waals surface area contributed by atoms with Crippen LogP contribution in [0.3, 0.4) is 0 Å². The van der Waals surface area contributed by atoms with Gasteiger partial charge in [0.25, 0.3) is 5.91 Å². The molecule has 0 saturated carbocycles. The first-order valence-electron chi connectivity index (χ1n) is 8.66. The summed E-state index contributed by atoms with van der Waals surface area (Å²) in [4.78, 5) is 23.5. The third kappa shape index (κ3) is 3.40. The van der Waals surface area contributed by atoms with Crippen molar-refractivity contribution in [3.63, 3.8) is 0 Å². The van der Waals surface area contributed by atoms with Gasteiger partial charge in [-0.15, -0.1) is 0 Å². The van der Waals surface area contributed by atoms with Gasteiger partial charge in [0.1, 0.15) is 11.5 Å². The second-order valence-electron chi connectivity index (χ2n) is 6.57. The maximum Gasteiger partial charge on any atom is 0.275 e. The summed E-state index contributed by atoms with van der Waals surface area (Å²) in [7, 11) is 0. The fraction of sp³-hybridized carbons (Fsp3) is 0.529. The maximum absolute atomic E-state index is 12.5. The Kier molecular flexibility index (Phi) is 4.33. The van der Waals surface area contributed by atoms with E-state index >= 15 is 0 Å². The van der Waals surface area contributed by atoms with E-state index in [0.29, 0.717) is 49.5 Å². The van der Waals surface area contributed by atoms with Gasteiger partial charge >= 0.3 is 0 Å². The van der Waals surface area contributed by atoms with Gasteiger partial charge in [0.05, 0.1) is 13.2 Å². The van der Waals surface area contributed by atoms with E-state index < -0.39 is 5.79 Å². The molecule has 2 fully saturated rings. The van der Waals surface area contributed by atoms with Crippen LogP contribution in [0.5, 0.6) is 0 Å². The van der Waals surface area contributed by atoms with Gasteiger partial charge in [-0.05, 0) is 19.9 Å². The first-order chi connectivity index (χ1) is 12.5. The molecule has 9 nitrogen and oxygen atoms in total. The highest BCUT2D eigenvalue weighted by molar-refractivity contribution is 6.02. The van der Waals surface area contributed by atoms with Crippen molar-refractivity contribution in [2.75, 3.05) is 36.5 Å². The molecule has 2 aliphatic heterocycles. The highest BCUT2D eigenvalue weighted by Gasteiger charge is 2.40. The molecule has 0 atom stereocenters. The second-order valence-corrected chi connectivity index (χ2v) is 6.57. The summed E-state index contributed by atoms with van der Waals surface area (Å²) in [5.74, 6) is 0.727. The number of hydrogen-bond acceptors (Lipinski definition) is 8. The minimum atomic E-state index is -0.453. The summed E-state index contributed by atoms with van der Waals surface area (Å²) in [6, 6.07) is 3.30. The van der Waals surface area contributed by atoms with Crippen LogP contribution in [0.25, 0.3) is 0 Å².